The van der Waals surface area contributed by atoms with Gasteiger partial charge in [0.15, 0.2) is 0 Å². The number of phenolic OH excluding ortho intramolecular Hbond substituents is 1. The molecule has 2 aromatic rings. The molecule has 0 radical (unpaired) electrons. The molecule has 0 spiro atoms. The molecule has 0 aliphatic carbocycles. The number of hydrogen-bond acceptors (Lipinski definition) is 6. The number of phenols is 1. The summed E-state index contributed by atoms with van der Waals surface area (Å²) in [5.74, 6) is 0.866. The molecule has 2 aliphatic rings. The van der Waals surface area contributed by atoms with Gasteiger partial charge in [0.2, 0.25) is 5.95 Å². The molecule has 0 saturated carbocycles. The lowest BCUT2D eigenvalue weighted by molar-refractivity contribution is -0.127. The Bertz CT molecular complexity index is 929. The average Bonchev–Trinajstić information content (AvgIpc) is 3.13. The van der Waals surface area contributed by atoms with Gasteiger partial charge < -0.3 is 14.9 Å². The molecule has 0 bridgehead atoms. The van der Waals surface area contributed by atoms with Crippen LogP contribution in [0.4, 0.5) is 5.95 Å². The van der Waals surface area contributed by atoms with Crippen molar-refractivity contribution in [2.75, 3.05) is 25.0 Å². The molecule has 0 unspecified atom stereocenters. The van der Waals surface area contributed by atoms with Crippen molar-refractivity contribution >= 4 is 17.4 Å². The third kappa shape index (κ3) is 2.73. The quantitative estimate of drug-likeness (QED) is 0.879. The van der Waals surface area contributed by atoms with E-state index in [-0.39, 0.29) is 11.7 Å². The zero-order chi connectivity index (χ0) is 18.3. The highest BCUT2D eigenvalue weighted by molar-refractivity contribution is 5.96. The second-order valence-corrected chi connectivity index (χ2v) is 6.55. The highest BCUT2D eigenvalue weighted by Gasteiger charge is 2.30. The van der Waals surface area contributed by atoms with Crippen molar-refractivity contribution < 1.29 is 9.90 Å². The van der Waals surface area contributed by atoms with Crippen molar-refractivity contribution in [1.82, 2.24) is 25.1 Å². The number of rotatable bonds is 2. The number of aromatic nitrogens is 4. The molecule has 2 aliphatic heterocycles. The van der Waals surface area contributed by atoms with Gasteiger partial charge in [-0.2, -0.15) is 0 Å². The smallest absolute Gasteiger partial charge is 0.253 e. The molecule has 1 aromatic carbocycles. The van der Waals surface area contributed by atoms with Crippen molar-refractivity contribution in [2.45, 2.75) is 19.9 Å². The lowest BCUT2D eigenvalue weighted by atomic mass is 10.00. The van der Waals surface area contributed by atoms with Crippen LogP contribution in [0.25, 0.3) is 5.57 Å². The van der Waals surface area contributed by atoms with Gasteiger partial charge in [-0.1, -0.05) is 23.3 Å². The highest BCUT2D eigenvalue weighted by atomic mass is 16.3. The normalized spacial score (nSPS) is 17.2. The lowest BCUT2D eigenvalue weighted by Gasteiger charge is -2.32. The zero-order valence-corrected chi connectivity index (χ0v) is 14.8. The predicted molar refractivity (Wildman–Crippen MR) is 96.2 cm³/mol. The summed E-state index contributed by atoms with van der Waals surface area (Å²) in [7, 11) is 1.86. The zero-order valence-electron chi connectivity index (χ0n) is 14.8. The van der Waals surface area contributed by atoms with E-state index in [9.17, 15) is 9.90 Å². The molecular weight excluding hydrogens is 332 g/mol. The Hall–Kier alpha value is -3.16. The minimum Gasteiger partial charge on any atom is -0.508 e. The first kappa shape index (κ1) is 16.3. The Morgan fingerprint density at radius 2 is 2.12 bits per heavy atom. The fraction of sp³-hybridized carbons (Fsp3) is 0.333. The van der Waals surface area contributed by atoms with E-state index in [2.05, 4.69) is 21.6 Å². The molecule has 134 valence electrons. The molecule has 4 rings (SSSR count). The first-order valence-corrected chi connectivity index (χ1v) is 8.52. The van der Waals surface area contributed by atoms with Crippen LogP contribution in [0.15, 0.2) is 41.6 Å². The second-order valence-electron chi connectivity index (χ2n) is 6.55. The van der Waals surface area contributed by atoms with Gasteiger partial charge in [-0.15, -0.1) is 0 Å². The summed E-state index contributed by atoms with van der Waals surface area (Å²) in [6.07, 6.45) is 2.92. The molecule has 0 fully saturated rings. The van der Waals surface area contributed by atoms with Gasteiger partial charge >= 0.3 is 0 Å². The van der Waals surface area contributed by atoms with Gasteiger partial charge in [-0.3, -0.25) is 4.79 Å². The summed E-state index contributed by atoms with van der Waals surface area (Å²) in [4.78, 5) is 16.9. The van der Waals surface area contributed by atoms with Crippen LogP contribution in [0.2, 0.25) is 0 Å². The van der Waals surface area contributed by atoms with Gasteiger partial charge in [-0.25, -0.2) is 4.68 Å². The summed E-state index contributed by atoms with van der Waals surface area (Å²) < 4.78 is 1.64. The van der Waals surface area contributed by atoms with Crippen LogP contribution >= 0.6 is 0 Å². The van der Waals surface area contributed by atoms with Crippen molar-refractivity contribution in [3.05, 3.63) is 47.2 Å². The van der Waals surface area contributed by atoms with Gasteiger partial charge in [0, 0.05) is 25.8 Å². The monoisotopic (exact) mass is 352 g/mol. The van der Waals surface area contributed by atoms with Crippen molar-refractivity contribution in [3.63, 3.8) is 0 Å². The van der Waals surface area contributed by atoms with Crippen LogP contribution in [0.3, 0.4) is 0 Å². The summed E-state index contributed by atoms with van der Waals surface area (Å²) in [6, 6.07) is 7.14. The molecule has 8 heteroatoms. The van der Waals surface area contributed by atoms with Crippen molar-refractivity contribution in [1.29, 1.82) is 0 Å². The van der Waals surface area contributed by atoms with Crippen LogP contribution in [-0.4, -0.2) is 56.3 Å². The van der Waals surface area contributed by atoms with E-state index in [1.165, 1.54) is 0 Å². The third-order valence-electron chi connectivity index (χ3n) is 4.97. The summed E-state index contributed by atoms with van der Waals surface area (Å²) in [5, 5.41) is 21.4. The largest absolute Gasteiger partial charge is 0.508 e. The SMILES string of the molecule is CC1=C(C(=O)N2CCC=C(c3cccc(O)c3)C2)Cn2nnnc2N1C. The minimum atomic E-state index is 0.00116. The molecular formula is C18H20N6O2. The Balaban J connectivity index is 1.57. The Morgan fingerprint density at radius 3 is 2.92 bits per heavy atom. The van der Waals surface area contributed by atoms with E-state index in [0.29, 0.717) is 31.2 Å². The molecule has 1 N–H and O–H groups in total. The van der Waals surface area contributed by atoms with Gasteiger partial charge in [-0.05, 0) is 47.0 Å². The van der Waals surface area contributed by atoms with E-state index in [0.717, 1.165) is 23.3 Å². The first-order chi connectivity index (χ1) is 12.5. The topological polar surface area (TPSA) is 87.4 Å². The van der Waals surface area contributed by atoms with E-state index in [1.807, 2.05) is 35.9 Å². The standard InChI is InChI=1S/C18H20N6O2/c1-12-16(11-24-18(22(12)2)19-20-21-24)17(26)23-8-4-6-14(10-23)13-5-3-7-15(25)9-13/h3,5-7,9,25H,4,8,10-11H2,1-2H3. The maximum atomic E-state index is 13.2. The highest BCUT2D eigenvalue weighted by Crippen LogP contribution is 2.28. The number of allylic oxidation sites excluding steroid dienone is 1. The van der Waals surface area contributed by atoms with Crippen molar-refractivity contribution in [2.24, 2.45) is 0 Å². The van der Waals surface area contributed by atoms with Crippen LogP contribution in [-0.2, 0) is 11.3 Å². The average molecular weight is 352 g/mol. The number of amides is 1. The van der Waals surface area contributed by atoms with E-state index in [4.69, 9.17) is 0 Å². The van der Waals surface area contributed by atoms with Crippen LogP contribution < -0.4 is 4.90 Å². The van der Waals surface area contributed by atoms with Crippen LogP contribution in [0, 0.1) is 0 Å². The number of nitrogens with zero attached hydrogens (tertiary/aromatic N) is 6. The third-order valence-corrected chi connectivity index (χ3v) is 4.97. The molecule has 3 heterocycles. The van der Waals surface area contributed by atoms with E-state index in [1.54, 1.807) is 16.8 Å². The number of tetrazole rings is 1. The molecule has 8 nitrogen and oxygen atoms in total. The number of carbonyl (C=O) groups is 1. The van der Waals surface area contributed by atoms with Gasteiger partial charge in [0.1, 0.15) is 5.75 Å². The fourth-order valence-corrected chi connectivity index (χ4v) is 3.40. The Labute approximate surface area is 151 Å². The molecule has 0 saturated heterocycles. The maximum absolute atomic E-state index is 13.2. The van der Waals surface area contributed by atoms with E-state index >= 15 is 0 Å². The van der Waals surface area contributed by atoms with Crippen LogP contribution in [0.5, 0.6) is 5.75 Å². The summed E-state index contributed by atoms with van der Waals surface area (Å²) in [6.45, 7) is 3.48. The molecule has 26 heavy (non-hydrogen) atoms. The molecule has 1 amide bonds. The molecule has 1 aromatic heterocycles. The maximum Gasteiger partial charge on any atom is 0.253 e. The second kappa shape index (κ2) is 6.29. The number of anilines is 1. The van der Waals surface area contributed by atoms with Crippen LogP contribution in [0.1, 0.15) is 18.9 Å². The lowest BCUT2D eigenvalue weighted by Crippen LogP contribution is -2.40. The van der Waals surface area contributed by atoms with E-state index < -0.39 is 0 Å². The van der Waals surface area contributed by atoms with Gasteiger partial charge in [0.05, 0.1) is 12.1 Å². The molecule has 0 atom stereocenters. The Kier molecular flexibility index (Phi) is 3.95. The summed E-state index contributed by atoms with van der Waals surface area (Å²) >= 11 is 0. The number of hydrogen-bond donors (Lipinski definition) is 1. The Morgan fingerprint density at radius 1 is 1.27 bits per heavy atom. The van der Waals surface area contributed by atoms with Gasteiger partial charge in [0.25, 0.3) is 5.91 Å². The van der Waals surface area contributed by atoms with Crippen molar-refractivity contribution in [3.8, 4) is 5.75 Å². The number of fused-ring (bicyclic) bond motifs is 1. The first-order valence-electron chi connectivity index (χ1n) is 8.52. The fourth-order valence-electron chi connectivity index (χ4n) is 3.40. The predicted octanol–water partition coefficient (Wildman–Crippen LogP) is 1.42. The number of benzene rings is 1. The summed E-state index contributed by atoms with van der Waals surface area (Å²) in [5.41, 5.74) is 3.55. The minimum absolute atomic E-state index is 0.00116. The number of carbonyl (C=O) groups excluding carboxylic acids is 1. The number of aromatic hydroxyl groups is 1.